The van der Waals surface area contributed by atoms with Gasteiger partial charge in [-0.3, -0.25) is 4.90 Å². The largest absolute Gasteiger partial charge is 0.317 e. The normalized spacial score (nSPS) is 11.6. The van der Waals surface area contributed by atoms with E-state index in [1.807, 2.05) is 4.57 Å². The molecule has 1 heterocycles. The van der Waals surface area contributed by atoms with Crippen LogP contribution >= 0.6 is 0 Å². The van der Waals surface area contributed by atoms with Gasteiger partial charge in [0.2, 0.25) is 0 Å². The molecule has 0 saturated carbocycles. The Morgan fingerprint density at radius 2 is 1.90 bits per heavy atom. The molecule has 0 spiro atoms. The van der Waals surface area contributed by atoms with Gasteiger partial charge < -0.3 is 4.57 Å². The summed E-state index contributed by atoms with van der Waals surface area (Å²) in [7, 11) is 2.11. The second-order valence-electron chi connectivity index (χ2n) is 5.84. The molecule has 1 aromatic carbocycles. The van der Waals surface area contributed by atoms with Gasteiger partial charge in [-0.15, -0.1) is 0 Å². The Morgan fingerprint density at radius 1 is 1.14 bits per heavy atom. The minimum atomic E-state index is -0.206. The van der Waals surface area contributed by atoms with Crippen LogP contribution in [0.2, 0.25) is 0 Å². The highest BCUT2D eigenvalue weighted by molar-refractivity contribution is 5.75. The summed E-state index contributed by atoms with van der Waals surface area (Å²) in [6, 6.07) is 4.75. The molecule has 0 atom stereocenters. The van der Waals surface area contributed by atoms with Gasteiger partial charge in [0.15, 0.2) is 0 Å². The van der Waals surface area contributed by atoms with Crippen molar-refractivity contribution in [2.24, 2.45) is 0 Å². The van der Waals surface area contributed by atoms with Gasteiger partial charge in [0.05, 0.1) is 24.0 Å². The monoisotopic (exact) mass is 291 g/mol. The SMILES string of the molecule is CCCCCCCCN(C)Cn1cnc2ccc(F)cc21. The molecular formula is C17H26FN3. The molecule has 116 valence electrons. The van der Waals surface area contributed by atoms with E-state index in [0.717, 1.165) is 24.2 Å². The smallest absolute Gasteiger partial charge is 0.125 e. The highest BCUT2D eigenvalue weighted by Crippen LogP contribution is 2.15. The zero-order valence-corrected chi connectivity index (χ0v) is 13.2. The van der Waals surface area contributed by atoms with E-state index in [9.17, 15) is 4.39 Å². The fourth-order valence-corrected chi connectivity index (χ4v) is 2.64. The lowest BCUT2D eigenvalue weighted by atomic mass is 10.1. The Kier molecular flexibility index (Phi) is 6.18. The molecule has 0 unspecified atom stereocenters. The molecule has 1 aromatic heterocycles. The summed E-state index contributed by atoms with van der Waals surface area (Å²) >= 11 is 0. The summed E-state index contributed by atoms with van der Waals surface area (Å²) in [5.74, 6) is -0.206. The van der Waals surface area contributed by atoms with Crippen LogP contribution < -0.4 is 0 Å². The molecule has 0 radical (unpaired) electrons. The zero-order valence-electron chi connectivity index (χ0n) is 13.2. The van der Waals surface area contributed by atoms with Gasteiger partial charge in [0, 0.05) is 0 Å². The minimum absolute atomic E-state index is 0.206. The first-order valence-corrected chi connectivity index (χ1v) is 7.99. The predicted octanol–water partition coefficient (Wildman–Crippen LogP) is 4.43. The third-order valence-electron chi connectivity index (χ3n) is 3.87. The van der Waals surface area contributed by atoms with E-state index < -0.39 is 0 Å². The topological polar surface area (TPSA) is 21.1 Å². The van der Waals surface area contributed by atoms with Crippen molar-refractivity contribution in [2.75, 3.05) is 13.6 Å². The average Bonchev–Trinajstić information content (AvgIpc) is 2.85. The molecular weight excluding hydrogens is 265 g/mol. The zero-order chi connectivity index (χ0) is 15.1. The van der Waals surface area contributed by atoms with Crippen molar-refractivity contribution < 1.29 is 4.39 Å². The van der Waals surface area contributed by atoms with Gasteiger partial charge in [0.1, 0.15) is 5.82 Å². The first-order chi connectivity index (χ1) is 10.2. The maximum Gasteiger partial charge on any atom is 0.125 e. The molecule has 0 N–H and O–H groups in total. The van der Waals surface area contributed by atoms with Crippen LogP contribution in [0, 0.1) is 5.82 Å². The van der Waals surface area contributed by atoms with Gasteiger partial charge >= 0.3 is 0 Å². The van der Waals surface area contributed by atoms with E-state index >= 15 is 0 Å². The lowest BCUT2D eigenvalue weighted by Crippen LogP contribution is -2.22. The molecule has 0 aliphatic rings. The van der Waals surface area contributed by atoms with Crippen LogP contribution in [0.3, 0.4) is 0 Å². The summed E-state index contributed by atoms with van der Waals surface area (Å²) in [6.45, 7) is 4.07. The molecule has 2 rings (SSSR count). The second kappa shape index (κ2) is 8.13. The number of halogens is 1. The molecule has 0 aliphatic heterocycles. The lowest BCUT2D eigenvalue weighted by molar-refractivity contribution is 0.265. The Bertz CT molecular complexity index is 550. The van der Waals surface area contributed by atoms with Crippen LogP contribution in [0.4, 0.5) is 4.39 Å². The Balaban J connectivity index is 1.79. The van der Waals surface area contributed by atoms with Crippen LogP contribution in [-0.4, -0.2) is 28.0 Å². The molecule has 0 aliphatic carbocycles. The molecule has 2 aromatic rings. The molecule has 0 amide bonds. The van der Waals surface area contributed by atoms with Gasteiger partial charge in [0.25, 0.3) is 0 Å². The fourth-order valence-electron chi connectivity index (χ4n) is 2.64. The average molecular weight is 291 g/mol. The van der Waals surface area contributed by atoms with E-state index in [0.29, 0.717) is 0 Å². The number of fused-ring (bicyclic) bond motifs is 1. The molecule has 4 heteroatoms. The fraction of sp³-hybridized carbons (Fsp3) is 0.588. The van der Waals surface area contributed by atoms with E-state index in [2.05, 4.69) is 23.9 Å². The van der Waals surface area contributed by atoms with Gasteiger partial charge in [-0.05, 0) is 38.2 Å². The Morgan fingerprint density at radius 3 is 2.71 bits per heavy atom. The van der Waals surface area contributed by atoms with Crippen molar-refractivity contribution in [3.8, 4) is 0 Å². The van der Waals surface area contributed by atoms with Crippen molar-refractivity contribution in [3.63, 3.8) is 0 Å². The number of benzene rings is 1. The third-order valence-corrected chi connectivity index (χ3v) is 3.87. The number of hydrogen-bond donors (Lipinski definition) is 0. The van der Waals surface area contributed by atoms with Crippen LogP contribution in [0.5, 0.6) is 0 Å². The number of aromatic nitrogens is 2. The van der Waals surface area contributed by atoms with E-state index in [-0.39, 0.29) is 5.82 Å². The first-order valence-electron chi connectivity index (χ1n) is 7.99. The first kappa shape index (κ1) is 16.0. The Labute approximate surface area is 126 Å². The van der Waals surface area contributed by atoms with Crippen molar-refractivity contribution >= 4 is 11.0 Å². The number of unbranched alkanes of at least 4 members (excludes halogenated alkanes) is 5. The van der Waals surface area contributed by atoms with Crippen molar-refractivity contribution in [1.82, 2.24) is 14.5 Å². The van der Waals surface area contributed by atoms with Gasteiger partial charge in [-0.2, -0.15) is 0 Å². The second-order valence-corrected chi connectivity index (χ2v) is 5.84. The van der Waals surface area contributed by atoms with E-state index in [4.69, 9.17) is 0 Å². The minimum Gasteiger partial charge on any atom is -0.317 e. The maximum absolute atomic E-state index is 13.3. The standard InChI is InChI=1S/C17H26FN3/c1-3-4-5-6-7-8-11-20(2)14-21-13-19-16-10-9-15(18)12-17(16)21/h9-10,12-13H,3-8,11,14H2,1-2H3. The number of rotatable bonds is 9. The summed E-state index contributed by atoms with van der Waals surface area (Å²) in [5, 5.41) is 0. The van der Waals surface area contributed by atoms with Gasteiger partial charge in [-0.25, -0.2) is 9.37 Å². The summed E-state index contributed by atoms with van der Waals surface area (Å²) in [4.78, 5) is 6.58. The van der Waals surface area contributed by atoms with Crippen molar-refractivity contribution in [2.45, 2.75) is 52.1 Å². The molecule has 21 heavy (non-hydrogen) atoms. The van der Waals surface area contributed by atoms with Gasteiger partial charge in [-0.1, -0.05) is 39.0 Å². The van der Waals surface area contributed by atoms with E-state index in [1.54, 1.807) is 18.5 Å². The third kappa shape index (κ3) is 4.81. The highest BCUT2D eigenvalue weighted by atomic mass is 19.1. The maximum atomic E-state index is 13.3. The Hall–Kier alpha value is -1.42. The van der Waals surface area contributed by atoms with Crippen LogP contribution in [0.25, 0.3) is 11.0 Å². The summed E-state index contributed by atoms with van der Waals surface area (Å²) in [5.41, 5.74) is 1.72. The molecule has 0 fully saturated rings. The summed E-state index contributed by atoms with van der Waals surface area (Å²) in [6.07, 6.45) is 9.64. The van der Waals surface area contributed by atoms with Crippen LogP contribution in [0.1, 0.15) is 45.4 Å². The predicted molar refractivity (Wildman–Crippen MR) is 85.7 cm³/mol. The van der Waals surface area contributed by atoms with Crippen molar-refractivity contribution in [1.29, 1.82) is 0 Å². The number of hydrogen-bond acceptors (Lipinski definition) is 2. The molecule has 3 nitrogen and oxygen atoms in total. The quantitative estimate of drug-likeness (QED) is 0.637. The lowest BCUT2D eigenvalue weighted by Gasteiger charge is -2.17. The highest BCUT2D eigenvalue weighted by Gasteiger charge is 2.06. The number of imidazole rings is 1. The van der Waals surface area contributed by atoms with E-state index in [1.165, 1.54) is 44.6 Å². The number of nitrogens with zero attached hydrogens (tertiary/aromatic N) is 3. The van der Waals surface area contributed by atoms with Crippen molar-refractivity contribution in [3.05, 3.63) is 30.3 Å². The molecule has 0 saturated heterocycles. The van der Waals surface area contributed by atoms with Crippen LogP contribution in [-0.2, 0) is 6.67 Å². The summed E-state index contributed by atoms with van der Waals surface area (Å²) < 4.78 is 15.3. The molecule has 0 bridgehead atoms. The van der Waals surface area contributed by atoms with Crippen LogP contribution in [0.15, 0.2) is 24.5 Å².